The number of carbonyl (C=O) groups excluding carboxylic acids is 1. The predicted molar refractivity (Wildman–Crippen MR) is 67.3 cm³/mol. The van der Waals surface area contributed by atoms with Crippen LogP contribution < -0.4 is 10.6 Å². The highest BCUT2D eigenvalue weighted by molar-refractivity contribution is 5.90. The lowest BCUT2D eigenvalue weighted by molar-refractivity contribution is 0.145. The average Bonchev–Trinajstić information content (AvgIpc) is 2.65. The van der Waals surface area contributed by atoms with Gasteiger partial charge in [-0.25, -0.2) is 4.79 Å². The molecule has 0 aliphatic carbocycles. The van der Waals surface area contributed by atoms with Crippen molar-refractivity contribution in [1.82, 2.24) is 0 Å². The maximum atomic E-state index is 11.7. The van der Waals surface area contributed by atoms with Crippen LogP contribution in [0.3, 0.4) is 0 Å². The van der Waals surface area contributed by atoms with Gasteiger partial charge in [0.2, 0.25) is 0 Å². The largest absolute Gasteiger partial charge is 0.443 e. The summed E-state index contributed by atoms with van der Waals surface area (Å²) in [4.78, 5) is 13.4. The minimum Gasteiger partial charge on any atom is -0.443 e. The van der Waals surface area contributed by atoms with E-state index in [9.17, 15) is 4.79 Å². The van der Waals surface area contributed by atoms with E-state index in [0.29, 0.717) is 13.1 Å². The van der Waals surface area contributed by atoms with Crippen LogP contribution in [0.4, 0.5) is 10.5 Å². The van der Waals surface area contributed by atoms with Crippen LogP contribution in [0.5, 0.6) is 0 Å². The van der Waals surface area contributed by atoms with Gasteiger partial charge in [-0.2, -0.15) is 0 Å². The van der Waals surface area contributed by atoms with Crippen molar-refractivity contribution in [3.8, 4) is 0 Å². The lowest BCUT2D eigenvalue weighted by Gasteiger charge is -2.17. The van der Waals surface area contributed by atoms with Crippen LogP contribution in [0.1, 0.15) is 16.7 Å². The highest BCUT2D eigenvalue weighted by atomic mass is 16.6. The second-order valence-corrected chi connectivity index (χ2v) is 4.58. The minimum absolute atomic E-state index is 0.191. The first-order chi connectivity index (χ1) is 8.02. The molecule has 2 rings (SSSR count). The fourth-order valence-corrected chi connectivity index (χ4v) is 2.08. The zero-order valence-corrected chi connectivity index (χ0v) is 10.5. The van der Waals surface area contributed by atoms with Crippen molar-refractivity contribution < 1.29 is 9.53 Å². The lowest BCUT2D eigenvalue weighted by atomic mass is 10.0. The van der Waals surface area contributed by atoms with E-state index in [1.165, 1.54) is 11.1 Å². The zero-order chi connectivity index (χ0) is 12.6. The summed E-state index contributed by atoms with van der Waals surface area (Å²) in [5, 5.41) is 0. The first kappa shape index (κ1) is 11.9. The van der Waals surface area contributed by atoms with Crippen LogP contribution in [0, 0.1) is 20.8 Å². The minimum atomic E-state index is -0.299. The van der Waals surface area contributed by atoms with Crippen molar-refractivity contribution in [2.24, 2.45) is 5.73 Å². The number of hydrogen-bond acceptors (Lipinski definition) is 3. The molecule has 4 heteroatoms. The number of aryl methyl sites for hydroxylation is 3. The first-order valence-electron chi connectivity index (χ1n) is 5.79. The number of nitrogens with two attached hydrogens (primary N) is 1. The third-order valence-corrected chi connectivity index (χ3v) is 3.24. The fraction of sp³-hybridized carbons (Fsp3) is 0.462. The quantitative estimate of drug-likeness (QED) is 0.850. The summed E-state index contributed by atoms with van der Waals surface area (Å²) in [5.41, 5.74) is 9.94. The Balaban J connectivity index is 2.35. The molecule has 1 aromatic carbocycles. The smallest absolute Gasteiger partial charge is 0.414 e. The van der Waals surface area contributed by atoms with Gasteiger partial charge in [-0.3, -0.25) is 4.90 Å². The number of amides is 1. The summed E-state index contributed by atoms with van der Waals surface area (Å²) in [6.07, 6.45) is -0.490. The van der Waals surface area contributed by atoms with Gasteiger partial charge in [0, 0.05) is 6.54 Å². The van der Waals surface area contributed by atoms with Crippen molar-refractivity contribution in [3.05, 3.63) is 28.8 Å². The monoisotopic (exact) mass is 234 g/mol. The fourth-order valence-electron chi connectivity index (χ4n) is 2.08. The number of ether oxygens (including phenoxy) is 1. The Morgan fingerprint density at radius 2 is 1.94 bits per heavy atom. The molecule has 0 bridgehead atoms. The van der Waals surface area contributed by atoms with E-state index in [-0.39, 0.29) is 12.2 Å². The zero-order valence-electron chi connectivity index (χ0n) is 10.5. The van der Waals surface area contributed by atoms with Crippen LogP contribution in [-0.4, -0.2) is 25.3 Å². The van der Waals surface area contributed by atoms with Crippen LogP contribution in [-0.2, 0) is 4.74 Å². The Hall–Kier alpha value is -1.55. The number of benzene rings is 1. The topological polar surface area (TPSA) is 55.6 Å². The molecule has 1 fully saturated rings. The van der Waals surface area contributed by atoms with Crippen LogP contribution in [0.25, 0.3) is 0 Å². The molecule has 0 saturated carbocycles. The number of cyclic esters (lactones) is 1. The summed E-state index contributed by atoms with van der Waals surface area (Å²) in [7, 11) is 0. The van der Waals surface area contributed by atoms with E-state index in [1.807, 2.05) is 19.9 Å². The van der Waals surface area contributed by atoms with Gasteiger partial charge in [0.1, 0.15) is 6.10 Å². The maximum Gasteiger partial charge on any atom is 0.414 e. The highest BCUT2D eigenvalue weighted by Crippen LogP contribution is 2.27. The van der Waals surface area contributed by atoms with Gasteiger partial charge in [-0.05, 0) is 43.5 Å². The van der Waals surface area contributed by atoms with Gasteiger partial charge in [0.15, 0.2) is 0 Å². The van der Waals surface area contributed by atoms with Crippen LogP contribution in [0.15, 0.2) is 12.1 Å². The molecule has 0 aromatic heterocycles. The highest BCUT2D eigenvalue weighted by Gasteiger charge is 2.32. The second kappa shape index (κ2) is 4.37. The van der Waals surface area contributed by atoms with Gasteiger partial charge in [0.05, 0.1) is 12.2 Å². The van der Waals surface area contributed by atoms with Crippen LogP contribution >= 0.6 is 0 Å². The van der Waals surface area contributed by atoms with Crippen molar-refractivity contribution in [1.29, 1.82) is 0 Å². The number of anilines is 1. The molecule has 92 valence electrons. The third kappa shape index (κ3) is 2.13. The molecule has 0 radical (unpaired) electrons. The molecule has 1 aliphatic heterocycles. The standard InChI is InChI=1S/C13H18N2O2/c1-8-4-10(3)12(5-9(8)2)15-7-11(6-14)17-13(15)16/h4-5,11H,6-7,14H2,1-3H3. The summed E-state index contributed by atoms with van der Waals surface area (Å²) in [5.74, 6) is 0. The van der Waals surface area contributed by atoms with Gasteiger partial charge >= 0.3 is 6.09 Å². The summed E-state index contributed by atoms with van der Waals surface area (Å²) in [6.45, 7) is 7.02. The van der Waals surface area contributed by atoms with Crippen molar-refractivity contribution in [3.63, 3.8) is 0 Å². The molecule has 1 aromatic rings. The van der Waals surface area contributed by atoms with Gasteiger partial charge in [-0.15, -0.1) is 0 Å². The molecule has 1 atom stereocenters. The molecular weight excluding hydrogens is 216 g/mol. The van der Waals surface area contributed by atoms with E-state index >= 15 is 0 Å². The Kier molecular flexibility index (Phi) is 3.07. The Morgan fingerprint density at radius 1 is 1.29 bits per heavy atom. The van der Waals surface area contributed by atoms with E-state index in [1.54, 1.807) is 4.90 Å². The summed E-state index contributed by atoms with van der Waals surface area (Å²) >= 11 is 0. The molecular formula is C13H18N2O2. The van der Waals surface area contributed by atoms with Crippen molar-refractivity contribution >= 4 is 11.8 Å². The molecule has 1 amide bonds. The molecule has 1 aliphatic rings. The molecule has 1 saturated heterocycles. The van der Waals surface area contributed by atoms with E-state index in [2.05, 4.69) is 13.0 Å². The molecule has 1 unspecified atom stereocenters. The summed E-state index contributed by atoms with van der Waals surface area (Å²) in [6, 6.07) is 4.12. The maximum absolute atomic E-state index is 11.7. The third-order valence-electron chi connectivity index (χ3n) is 3.24. The normalized spacial score (nSPS) is 19.6. The lowest BCUT2D eigenvalue weighted by Crippen LogP contribution is -2.28. The molecule has 17 heavy (non-hydrogen) atoms. The Labute approximate surface area is 101 Å². The molecule has 2 N–H and O–H groups in total. The van der Waals surface area contributed by atoms with E-state index < -0.39 is 0 Å². The number of carbonyl (C=O) groups is 1. The molecule has 1 heterocycles. The van der Waals surface area contributed by atoms with Gasteiger partial charge in [-0.1, -0.05) is 6.07 Å². The van der Waals surface area contributed by atoms with Gasteiger partial charge < -0.3 is 10.5 Å². The van der Waals surface area contributed by atoms with Crippen molar-refractivity contribution in [2.45, 2.75) is 26.9 Å². The predicted octanol–water partition coefficient (Wildman–Crippen LogP) is 1.90. The van der Waals surface area contributed by atoms with E-state index in [4.69, 9.17) is 10.5 Å². The Bertz CT molecular complexity index is 457. The van der Waals surface area contributed by atoms with E-state index in [0.717, 1.165) is 11.3 Å². The summed E-state index contributed by atoms with van der Waals surface area (Å²) < 4.78 is 5.16. The SMILES string of the molecule is Cc1cc(C)c(N2CC(CN)OC2=O)cc1C. The second-order valence-electron chi connectivity index (χ2n) is 4.58. The Morgan fingerprint density at radius 3 is 2.53 bits per heavy atom. The number of nitrogens with zero attached hydrogens (tertiary/aromatic N) is 1. The van der Waals surface area contributed by atoms with Crippen LogP contribution in [0.2, 0.25) is 0 Å². The van der Waals surface area contributed by atoms with Gasteiger partial charge in [0.25, 0.3) is 0 Å². The molecule has 0 spiro atoms. The average molecular weight is 234 g/mol. The van der Waals surface area contributed by atoms with Crippen molar-refractivity contribution in [2.75, 3.05) is 18.0 Å². The molecule has 4 nitrogen and oxygen atoms in total. The first-order valence-corrected chi connectivity index (χ1v) is 5.79. The number of rotatable bonds is 2. The number of hydrogen-bond donors (Lipinski definition) is 1.